The van der Waals surface area contributed by atoms with Crippen LogP contribution in [0.4, 0.5) is 17.2 Å². The van der Waals surface area contributed by atoms with E-state index in [1.165, 1.54) is 6.20 Å². The number of rotatable bonds is 2. The van der Waals surface area contributed by atoms with Crippen LogP contribution in [0, 0.1) is 6.92 Å². The number of nitrogens with one attached hydrogen (secondary N) is 1. The lowest BCUT2D eigenvalue weighted by Crippen LogP contribution is -2.00. The fourth-order valence-electron chi connectivity index (χ4n) is 1.28. The lowest BCUT2D eigenvalue weighted by atomic mass is 10.2. The maximum absolute atomic E-state index is 5.75. The molecule has 17 heavy (non-hydrogen) atoms. The summed E-state index contributed by atoms with van der Waals surface area (Å²) in [5.74, 6) is 0.501. The zero-order chi connectivity index (χ0) is 12.4. The highest BCUT2D eigenvalue weighted by molar-refractivity contribution is 9.10. The first-order valence-corrected chi connectivity index (χ1v) is 6.04. The fourth-order valence-corrected chi connectivity index (χ4v) is 1.79. The number of aryl methyl sites for hydroxylation is 1. The fraction of sp³-hybridized carbons (Fsp3) is 0.0909. The molecule has 0 radical (unpaired) electrons. The molecule has 88 valence electrons. The van der Waals surface area contributed by atoms with Gasteiger partial charge in [0, 0.05) is 10.2 Å². The monoisotopic (exact) mass is 312 g/mol. The van der Waals surface area contributed by atoms with Crippen LogP contribution in [-0.4, -0.2) is 9.97 Å². The Labute approximate surface area is 112 Å². The van der Waals surface area contributed by atoms with Crippen LogP contribution in [0.15, 0.2) is 28.9 Å². The lowest BCUT2D eigenvalue weighted by molar-refractivity contribution is 1.17. The highest BCUT2D eigenvalue weighted by Crippen LogP contribution is 2.25. The van der Waals surface area contributed by atoms with Crippen LogP contribution >= 0.6 is 27.5 Å². The number of benzene rings is 1. The van der Waals surface area contributed by atoms with Gasteiger partial charge in [0.2, 0.25) is 5.28 Å². The Morgan fingerprint density at radius 1 is 1.41 bits per heavy atom. The highest BCUT2D eigenvalue weighted by Gasteiger charge is 2.04. The predicted molar refractivity (Wildman–Crippen MR) is 73.6 cm³/mol. The standard InChI is InChI=1S/C11H10BrClN4/c1-6-2-3-7(4-8(6)12)16-10-9(14)5-15-11(13)17-10/h2-5H,14H2,1H3,(H,15,16,17). The average Bonchev–Trinajstić information content (AvgIpc) is 2.29. The highest BCUT2D eigenvalue weighted by atomic mass is 79.9. The van der Waals surface area contributed by atoms with E-state index in [0.717, 1.165) is 15.7 Å². The van der Waals surface area contributed by atoms with Crippen LogP contribution in [-0.2, 0) is 0 Å². The van der Waals surface area contributed by atoms with E-state index in [4.69, 9.17) is 17.3 Å². The maximum atomic E-state index is 5.75. The normalized spacial score (nSPS) is 10.3. The summed E-state index contributed by atoms with van der Waals surface area (Å²) in [4.78, 5) is 7.82. The Morgan fingerprint density at radius 3 is 2.88 bits per heavy atom. The second kappa shape index (κ2) is 4.89. The zero-order valence-electron chi connectivity index (χ0n) is 9.04. The number of hydrogen-bond acceptors (Lipinski definition) is 4. The van der Waals surface area contributed by atoms with Crippen molar-refractivity contribution in [2.75, 3.05) is 11.1 Å². The maximum Gasteiger partial charge on any atom is 0.224 e. The van der Waals surface area contributed by atoms with Gasteiger partial charge in [-0.3, -0.25) is 0 Å². The Morgan fingerprint density at radius 2 is 2.18 bits per heavy atom. The van der Waals surface area contributed by atoms with Crippen molar-refractivity contribution in [3.63, 3.8) is 0 Å². The molecular weight excluding hydrogens is 304 g/mol. The third-order valence-electron chi connectivity index (χ3n) is 2.22. The molecule has 0 bridgehead atoms. The van der Waals surface area contributed by atoms with Crippen molar-refractivity contribution >= 4 is 44.7 Å². The zero-order valence-corrected chi connectivity index (χ0v) is 11.4. The van der Waals surface area contributed by atoms with Gasteiger partial charge in [0.25, 0.3) is 0 Å². The van der Waals surface area contributed by atoms with Gasteiger partial charge >= 0.3 is 0 Å². The van der Waals surface area contributed by atoms with Gasteiger partial charge in [-0.15, -0.1) is 0 Å². The predicted octanol–water partition coefficient (Wildman–Crippen LogP) is 3.53. The van der Waals surface area contributed by atoms with Crippen molar-refractivity contribution in [3.05, 3.63) is 39.7 Å². The molecule has 2 rings (SSSR count). The molecule has 0 spiro atoms. The Bertz CT molecular complexity index is 559. The number of halogens is 2. The summed E-state index contributed by atoms with van der Waals surface area (Å²) in [5, 5.41) is 3.25. The molecule has 0 atom stereocenters. The summed E-state index contributed by atoms with van der Waals surface area (Å²) in [7, 11) is 0. The molecule has 0 aliphatic heterocycles. The summed E-state index contributed by atoms with van der Waals surface area (Å²) < 4.78 is 1.02. The van der Waals surface area contributed by atoms with Crippen LogP contribution < -0.4 is 11.1 Å². The Hall–Kier alpha value is -1.33. The van der Waals surface area contributed by atoms with Gasteiger partial charge in [-0.2, -0.15) is 4.98 Å². The van der Waals surface area contributed by atoms with Crippen molar-refractivity contribution in [2.24, 2.45) is 0 Å². The molecule has 0 aliphatic carbocycles. The third-order valence-corrected chi connectivity index (χ3v) is 3.26. The van der Waals surface area contributed by atoms with Crippen LogP contribution in [0.1, 0.15) is 5.56 Å². The summed E-state index contributed by atoms with van der Waals surface area (Å²) in [6.07, 6.45) is 1.47. The van der Waals surface area contributed by atoms with E-state index in [1.54, 1.807) is 0 Å². The summed E-state index contributed by atoms with van der Waals surface area (Å²) in [6, 6.07) is 5.88. The minimum Gasteiger partial charge on any atom is -0.394 e. The smallest absolute Gasteiger partial charge is 0.224 e. The van der Waals surface area contributed by atoms with Crippen molar-refractivity contribution in [1.82, 2.24) is 9.97 Å². The van der Waals surface area contributed by atoms with E-state index in [1.807, 2.05) is 25.1 Å². The number of nitrogens with zero attached hydrogens (tertiary/aromatic N) is 2. The summed E-state index contributed by atoms with van der Waals surface area (Å²) in [5.41, 5.74) is 8.23. The molecule has 1 heterocycles. The van der Waals surface area contributed by atoms with Gasteiger partial charge in [0.15, 0.2) is 5.82 Å². The number of hydrogen-bond donors (Lipinski definition) is 2. The topological polar surface area (TPSA) is 63.8 Å². The number of nitrogen functional groups attached to an aromatic ring is 1. The van der Waals surface area contributed by atoms with Crippen molar-refractivity contribution in [2.45, 2.75) is 6.92 Å². The molecule has 3 N–H and O–H groups in total. The first kappa shape index (κ1) is 12.1. The van der Waals surface area contributed by atoms with Crippen molar-refractivity contribution in [3.8, 4) is 0 Å². The van der Waals surface area contributed by atoms with E-state index in [9.17, 15) is 0 Å². The van der Waals surface area contributed by atoms with E-state index >= 15 is 0 Å². The van der Waals surface area contributed by atoms with E-state index in [0.29, 0.717) is 11.5 Å². The van der Waals surface area contributed by atoms with Crippen LogP contribution in [0.2, 0.25) is 5.28 Å². The SMILES string of the molecule is Cc1ccc(Nc2nc(Cl)ncc2N)cc1Br. The van der Waals surface area contributed by atoms with E-state index in [-0.39, 0.29) is 5.28 Å². The van der Waals surface area contributed by atoms with Gasteiger partial charge in [-0.25, -0.2) is 4.98 Å². The van der Waals surface area contributed by atoms with Gasteiger partial charge in [0.1, 0.15) is 0 Å². The summed E-state index contributed by atoms with van der Waals surface area (Å²) in [6.45, 7) is 2.02. The van der Waals surface area contributed by atoms with Crippen molar-refractivity contribution < 1.29 is 0 Å². The van der Waals surface area contributed by atoms with Crippen LogP contribution in [0.25, 0.3) is 0 Å². The molecule has 6 heteroatoms. The largest absolute Gasteiger partial charge is 0.394 e. The van der Waals surface area contributed by atoms with Gasteiger partial charge in [0.05, 0.1) is 11.9 Å². The summed E-state index contributed by atoms with van der Waals surface area (Å²) >= 11 is 9.17. The third kappa shape index (κ3) is 2.87. The van der Waals surface area contributed by atoms with Gasteiger partial charge < -0.3 is 11.1 Å². The number of anilines is 3. The van der Waals surface area contributed by atoms with Crippen LogP contribution in [0.5, 0.6) is 0 Å². The Balaban J connectivity index is 2.31. The van der Waals surface area contributed by atoms with Crippen molar-refractivity contribution in [1.29, 1.82) is 0 Å². The minimum atomic E-state index is 0.160. The molecule has 1 aromatic carbocycles. The molecule has 0 aliphatic rings. The molecule has 2 aromatic rings. The van der Waals surface area contributed by atoms with Gasteiger partial charge in [-0.1, -0.05) is 22.0 Å². The first-order valence-electron chi connectivity index (χ1n) is 4.87. The second-order valence-corrected chi connectivity index (χ2v) is 4.72. The number of aromatic nitrogens is 2. The lowest BCUT2D eigenvalue weighted by Gasteiger charge is -2.09. The second-order valence-electron chi connectivity index (χ2n) is 3.53. The molecule has 0 fully saturated rings. The molecule has 0 saturated carbocycles. The molecule has 1 aromatic heterocycles. The Kier molecular flexibility index (Phi) is 3.49. The quantitative estimate of drug-likeness (QED) is 0.833. The van der Waals surface area contributed by atoms with Crippen LogP contribution in [0.3, 0.4) is 0 Å². The average molecular weight is 314 g/mol. The minimum absolute atomic E-state index is 0.160. The molecule has 0 saturated heterocycles. The van der Waals surface area contributed by atoms with E-state index < -0.39 is 0 Å². The van der Waals surface area contributed by atoms with Gasteiger partial charge in [-0.05, 0) is 36.2 Å². The van der Waals surface area contributed by atoms with E-state index in [2.05, 4.69) is 31.2 Å². The first-order chi connectivity index (χ1) is 8.06. The molecule has 0 unspecified atom stereocenters. The number of nitrogens with two attached hydrogens (primary N) is 1. The molecule has 4 nitrogen and oxygen atoms in total. The molecule has 0 amide bonds. The molecular formula is C11H10BrClN4.